The van der Waals surface area contributed by atoms with Crippen LogP contribution >= 0.6 is 11.3 Å². The van der Waals surface area contributed by atoms with Gasteiger partial charge in [-0.25, -0.2) is 4.98 Å². The number of nitrogens with one attached hydrogen (secondary N) is 5. The van der Waals surface area contributed by atoms with Crippen LogP contribution in [0.5, 0.6) is 5.75 Å². The van der Waals surface area contributed by atoms with Crippen molar-refractivity contribution in [2.24, 2.45) is 32.9 Å². The molecule has 3 aromatic rings. The topological polar surface area (TPSA) is 307 Å². The molecule has 0 unspecified atom stereocenters. The first kappa shape index (κ1) is 38.8. The normalized spacial score (nSPS) is 20.3. The fraction of sp³-hybridized carbons (Fsp3) is 0.394. The molecule has 1 aliphatic heterocycles. The Morgan fingerprint density at radius 3 is 1.83 bits per heavy atom. The standard InChI is InChI=1S/C33H44N12O6S/c34-32(35)38-13-3-6-21-29(49)43-22(7-4-14-39-33(36)37)30(50)45-24(16-27-42-20-5-1-2-8-25(20)52-27)28(48)40-17-26(47)41-23(31(51)44-21)15-18-9-11-19(46)12-10-18/h1-2,5,8-12,21-24,46H,3-4,6-7,13-17H2,(H,40,48)(H,41,47)(H,43,49)(H,44,51)(H,45,50)(H4,34,35,38)(H4,36,37,39)/t21-,22-,23+,24+/m0/s1. The second-order valence-corrected chi connectivity index (χ2v) is 13.2. The molecule has 1 aromatic heterocycles. The Balaban J connectivity index is 1.67. The number of fused-ring (bicyclic) bond motifs is 1. The molecule has 0 radical (unpaired) electrons. The highest BCUT2D eigenvalue weighted by Gasteiger charge is 2.32. The van der Waals surface area contributed by atoms with E-state index in [0.29, 0.717) is 10.6 Å². The number of carbonyl (C=O) groups excluding carboxylic acids is 5. The number of para-hydroxylation sites is 1. The monoisotopic (exact) mass is 736 g/mol. The molecule has 1 aliphatic rings. The van der Waals surface area contributed by atoms with Gasteiger partial charge >= 0.3 is 0 Å². The Morgan fingerprint density at radius 2 is 1.25 bits per heavy atom. The van der Waals surface area contributed by atoms with E-state index in [1.165, 1.54) is 23.5 Å². The minimum Gasteiger partial charge on any atom is -0.508 e. The van der Waals surface area contributed by atoms with Crippen molar-refractivity contribution < 1.29 is 29.1 Å². The van der Waals surface area contributed by atoms with Crippen molar-refractivity contribution in [2.45, 2.75) is 62.7 Å². The molecule has 14 N–H and O–H groups in total. The fourth-order valence-electron chi connectivity index (χ4n) is 5.37. The maximum Gasteiger partial charge on any atom is 0.243 e. The Labute approximate surface area is 303 Å². The summed E-state index contributed by atoms with van der Waals surface area (Å²) in [5.41, 5.74) is 23.1. The molecule has 1 saturated heterocycles. The number of nitrogens with two attached hydrogens (primary N) is 4. The first-order valence-corrected chi connectivity index (χ1v) is 17.4. The smallest absolute Gasteiger partial charge is 0.243 e. The van der Waals surface area contributed by atoms with Crippen LogP contribution in [0.1, 0.15) is 36.3 Å². The van der Waals surface area contributed by atoms with Gasteiger partial charge in [0, 0.05) is 25.9 Å². The van der Waals surface area contributed by atoms with Gasteiger partial charge in [-0.3, -0.25) is 34.0 Å². The van der Waals surface area contributed by atoms with Crippen LogP contribution in [-0.2, 0) is 36.8 Å². The first-order valence-electron chi connectivity index (χ1n) is 16.6. The second kappa shape index (κ2) is 18.9. The van der Waals surface area contributed by atoms with Gasteiger partial charge in [0.05, 0.1) is 21.8 Å². The van der Waals surface area contributed by atoms with Crippen molar-refractivity contribution in [2.75, 3.05) is 19.6 Å². The summed E-state index contributed by atoms with van der Waals surface area (Å²) >= 11 is 1.35. The van der Waals surface area contributed by atoms with E-state index in [1.807, 2.05) is 24.3 Å². The van der Waals surface area contributed by atoms with Gasteiger partial charge in [0.25, 0.3) is 0 Å². The molecule has 0 bridgehead atoms. The zero-order chi connectivity index (χ0) is 37.6. The predicted molar refractivity (Wildman–Crippen MR) is 196 cm³/mol. The van der Waals surface area contributed by atoms with Crippen molar-refractivity contribution in [3.63, 3.8) is 0 Å². The molecule has 1 fully saturated rings. The lowest BCUT2D eigenvalue weighted by Crippen LogP contribution is -2.58. The van der Waals surface area contributed by atoms with E-state index in [4.69, 9.17) is 22.9 Å². The third-order valence-corrected chi connectivity index (χ3v) is 9.02. The Hall–Kier alpha value is -5.98. The number of phenols is 1. The summed E-state index contributed by atoms with van der Waals surface area (Å²) in [6, 6.07) is 8.71. The summed E-state index contributed by atoms with van der Waals surface area (Å²) in [4.78, 5) is 80.7. The summed E-state index contributed by atoms with van der Waals surface area (Å²) in [5.74, 6) is -3.74. The molecule has 19 heteroatoms. The molecular weight excluding hydrogens is 693 g/mol. The van der Waals surface area contributed by atoms with E-state index in [0.717, 1.165) is 10.2 Å². The van der Waals surface area contributed by atoms with E-state index in [-0.39, 0.29) is 69.3 Å². The van der Waals surface area contributed by atoms with Gasteiger partial charge in [-0.15, -0.1) is 11.3 Å². The number of rotatable bonds is 12. The van der Waals surface area contributed by atoms with Crippen molar-refractivity contribution >= 4 is 63.0 Å². The van der Waals surface area contributed by atoms with E-state index in [1.54, 1.807) is 12.1 Å². The van der Waals surface area contributed by atoms with Gasteiger partial charge in [0.2, 0.25) is 29.5 Å². The van der Waals surface area contributed by atoms with Crippen molar-refractivity contribution in [1.82, 2.24) is 31.6 Å². The van der Waals surface area contributed by atoms with Gasteiger partial charge in [-0.05, 0) is 55.5 Å². The Morgan fingerprint density at radius 1 is 0.712 bits per heavy atom. The van der Waals surface area contributed by atoms with Gasteiger partial charge in [0.1, 0.15) is 29.9 Å². The molecule has 5 amide bonds. The zero-order valence-electron chi connectivity index (χ0n) is 28.3. The Kier molecular flexibility index (Phi) is 14.1. The predicted octanol–water partition coefficient (Wildman–Crippen LogP) is -2.04. The minimum atomic E-state index is -1.19. The molecule has 2 heterocycles. The number of guanidine groups is 2. The summed E-state index contributed by atoms with van der Waals surface area (Å²) in [6.45, 7) is -0.214. The number of amides is 5. The molecule has 18 nitrogen and oxygen atoms in total. The zero-order valence-corrected chi connectivity index (χ0v) is 29.2. The number of aromatic hydroxyl groups is 1. The number of phenolic OH excluding ortho intramolecular Hbond substituents is 1. The molecule has 2 aromatic carbocycles. The van der Waals surface area contributed by atoms with Crippen LogP contribution in [0.4, 0.5) is 0 Å². The molecule has 0 saturated carbocycles. The highest BCUT2D eigenvalue weighted by molar-refractivity contribution is 7.18. The lowest BCUT2D eigenvalue weighted by molar-refractivity contribution is -0.134. The number of carbonyl (C=O) groups is 5. The maximum absolute atomic E-state index is 13.9. The number of hydrogen-bond acceptors (Lipinski definition) is 10. The summed E-state index contributed by atoms with van der Waals surface area (Å²) in [5, 5.41) is 23.6. The van der Waals surface area contributed by atoms with Gasteiger partial charge in [0.15, 0.2) is 11.9 Å². The average molecular weight is 737 g/mol. The van der Waals surface area contributed by atoms with Gasteiger partial charge < -0.3 is 54.6 Å². The SMILES string of the molecule is NC(N)=NCCC[C@@H]1NC(=O)[C@H](CCCN=C(N)N)NC(=O)[C@@H](Cc2ccc(O)cc2)NC(=O)CNC(=O)[C@@H](Cc2nc3ccccc3s2)NC1=O. The quantitative estimate of drug-likeness (QED) is 0.0549. The number of aromatic nitrogens is 1. The van der Waals surface area contributed by atoms with Crippen molar-refractivity contribution in [1.29, 1.82) is 0 Å². The summed E-state index contributed by atoms with van der Waals surface area (Å²) in [6.07, 6.45) is 0.666. The van der Waals surface area contributed by atoms with Crippen LogP contribution in [0.15, 0.2) is 58.5 Å². The molecular formula is C33H44N12O6S. The van der Waals surface area contributed by atoms with Crippen LogP contribution < -0.4 is 49.5 Å². The first-order chi connectivity index (χ1) is 24.9. The molecule has 4 rings (SSSR count). The minimum absolute atomic E-state index is 0.00978. The second-order valence-electron chi connectivity index (χ2n) is 12.1. The largest absolute Gasteiger partial charge is 0.508 e. The van der Waals surface area contributed by atoms with Crippen molar-refractivity contribution in [3.8, 4) is 5.75 Å². The highest BCUT2D eigenvalue weighted by atomic mass is 32.1. The number of benzene rings is 2. The van der Waals surface area contributed by atoms with E-state index < -0.39 is 60.2 Å². The van der Waals surface area contributed by atoms with Crippen LogP contribution in [0.3, 0.4) is 0 Å². The van der Waals surface area contributed by atoms with Crippen LogP contribution in [0, 0.1) is 0 Å². The highest BCUT2D eigenvalue weighted by Crippen LogP contribution is 2.23. The Bertz CT molecular complexity index is 1760. The number of hydrogen-bond donors (Lipinski definition) is 10. The average Bonchev–Trinajstić information content (AvgIpc) is 3.51. The third-order valence-electron chi connectivity index (χ3n) is 7.96. The lowest BCUT2D eigenvalue weighted by Gasteiger charge is -2.26. The fourth-order valence-corrected chi connectivity index (χ4v) is 6.38. The molecule has 278 valence electrons. The maximum atomic E-state index is 13.9. The number of aliphatic imine (C=N–C) groups is 2. The number of thiazole rings is 1. The van der Waals surface area contributed by atoms with E-state index >= 15 is 0 Å². The third kappa shape index (κ3) is 12.1. The summed E-state index contributed by atoms with van der Waals surface area (Å²) in [7, 11) is 0. The lowest BCUT2D eigenvalue weighted by atomic mass is 10.0. The molecule has 0 spiro atoms. The number of nitrogens with zero attached hydrogens (tertiary/aromatic N) is 3. The van der Waals surface area contributed by atoms with Gasteiger partial charge in [-0.1, -0.05) is 24.3 Å². The van der Waals surface area contributed by atoms with Gasteiger partial charge in [-0.2, -0.15) is 0 Å². The molecule has 4 atom stereocenters. The molecule has 0 aliphatic carbocycles. The summed E-state index contributed by atoms with van der Waals surface area (Å²) < 4.78 is 0.883. The van der Waals surface area contributed by atoms with Crippen LogP contribution in [-0.4, -0.2) is 95.3 Å². The van der Waals surface area contributed by atoms with E-state index in [2.05, 4.69) is 41.6 Å². The molecule has 52 heavy (non-hydrogen) atoms. The van der Waals surface area contributed by atoms with E-state index in [9.17, 15) is 29.1 Å². The van der Waals surface area contributed by atoms with Crippen LogP contribution in [0.2, 0.25) is 0 Å². The van der Waals surface area contributed by atoms with Crippen LogP contribution in [0.25, 0.3) is 10.2 Å². The van der Waals surface area contributed by atoms with Crippen molar-refractivity contribution in [3.05, 3.63) is 59.1 Å².